The second-order valence-electron chi connectivity index (χ2n) is 3.73. The number of aliphatic hydroxyl groups excluding tert-OH is 1. The van der Waals surface area contributed by atoms with Gasteiger partial charge in [-0.05, 0) is 17.7 Å². The molecule has 0 saturated heterocycles. The molecule has 1 aromatic carbocycles. The summed E-state index contributed by atoms with van der Waals surface area (Å²) in [5, 5.41) is 10.5. The van der Waals surface area contributed by atoms with Crippen LogP contribution in [0.5, 0.6) is 0 Å². The van der Waals surface area contributed by atoms with Crippen molar-refractivity contribution in [3.63, 3.8) is 0 Å². The van der Waals surface area contributed by atoms with Gasteiger partial charge in [0.1, 0.15) is 0 Å². The molecule has 1 N–H and O–H groups in total. The highest BCUT2D eigenvalue weighted by Crippen LogP contribution is 2.17. The quantitative estimate of drug-likeness (QED) is 0.443. The van der Waals surface area contributed by atoms with Gasteiger partial charge in [0, 0.05) is 5.92 Å². The summed E-state index contributed by atoms with van der Waals surface area (Å²) in [6.45, 7) is 4.23. The highest BCUT2D eigenvalue weighted by Gasteiger charge is 2.07. The Bertz CT molecular complexity index is 306. The van der Waals surface area contributed by atoms with Crippen LogP contribution in [0.4, 0.5) is 0 Å². The van der Waals surface area contributed by atoms with E-state index in [2.05, 4.69) is 26.0 Å². The SMILES string of the molecule is CCCC[SH]=C(O)C(C)c1ccccc1. The van der Waals surface area contributed by atoms with Gasteiger partial charge in [0.2, 0.25) is 0 Å². The Labute approximate surface area is 96.1 Å². The Morgan fingerprint density at radius 2 is 2.00 bits per heavy atom. The highest BCUT2D eigenvalue weighted by atomic mass is 32.1. The summed E-state index contributed by atoms with van der Waals surface area (Å²) in [5.74, 6) is 1.23. The minimum atomic E-state index is 0.157. The predicted molar refractivity (Wildman–Crippen MR) is 71.3 cm³/mol. The summed E-state index contributed by atoms with van der Waals surface area (Å²) in [7, 11) is 0. The van der Waals surface area contributed by atoms with E-state index in [-0.39, 0.29) is 5.92 Å². The molecule has 1 nitrogen and oxygen atoms in total. The fraction of sp³-hybridized carbons (Fsp3) is 0.462. The van der Waals surface area contributed by atoms with Gasteiger partial charge in [0.15, 0.2) is 0 Å². The Balaban J connectivity index is 2.60. The molecule has 1 unspecified atom stereocenters. The van der Waals surface area contributed by atoms with Crippen molar-refractivity contribution in [1.29, 1.82) is 0 Å². The van der Waals surface area contributed by atoms with Crippen molar-refractivity contribution in [3.8, 4) is 0 Å². The summed E-state index contributed by atoms with van der Waals surface area (Å²) in [6.07, 6.45) is 2.38. The molecule has 0 amide bonds. The van der Waals surface area contributed by atoms with Crippen molar-refractivity contribution in [2.45, 2.75) is 32.6 Å². The van der Waals surface area contributed by atoms with Crippen molar-refractivity contribution in [1.82, 2.24) is 0 Å². The lowest BCUT2D eigenvalue weighted by molar-refractivity contribution is 0.539. The van der Waals surface area contributed by atoms with Crippen LogP contribution in [0.25, 0.3) is 0 Å². The molecule has 0 saturated carbocycles. The molecule has 0 aliphatic rings. The van der Waals surface area contributed by atoms with Gasteiger partial charge in [-0.1, -0.05) is 50.6 Å². The van der Waals surface area contributed by atoms with E-state index in [9.17, 15) is 5.11 Å². The topological polar surface area (TPSA) is 20.2 Å². The van der Waals surface area contributed by atoms with E-state index < -0.39 is 0 Å². The predicted octanol–water partition coefficient (Wildman–Crippen LogP) is 3.74. The first kappa shape index (κ1) is 12.5. The minimum Gasteiger partial charge on any atom is -0.359 e. The average Bonchev–Trinajstić information content (AvgIpc) is 2.29. The number of thiol groups is 1. The summed E-state index contributed by atoms with van der Waals surface area (Å²) < 4.78 is 0. The van der Waals surface area contributed by atoms with Crippen LogP contribution in [-0.2, 0) is 0 Å². The Kier molecular flexibility index (Phi) is 5.66. The van der Waals surface area contributed by atoms with Crippen LogP contribution in [0, 0.1) is 0 Å². The molecule has 1 atom stereocenters. The van der Waals surface area contributed by atoms with Crippen LogP contribution in [0.15, 0.2) is 30.3 Å². The van der Waals surface area contributed by atoms with E-state index in [1.807, 2.05) is 18.2 Å². The van der Waals surface area contributed by atoms with Gasteiger partial charge in [-0.15, -0.1) is 0 Å². The molecule has 15 heavy (non-hydrogen) atoms. The zero-order chi connectivity index (χ0) is 11.1. The maximum atomic E-state index is 9.90. The largest absolute Gasteiger partial charge is 0.359 e. The van der Waals surface area contributed by atoms with Crippen LogP contribution in [0.2, 0.25) is 0 Å². The fourth-order valence-corrected chi connectivity index (χ4v) is 2.51. The molecule has 0 fully saturated rings. The van der Waals surface area contributed by atoms with Crippen LogP contribution in [0.1, 0.15) is 38.2 Å². The normalized spacial score (nSPS) is 14.5. The van der Waals surface area contributed by atoms with Gasteiger partial charge in [0.05, 0.1) is 5.05 Å². The zero-order valence-corrected chi connectivity index (χ0v) is 10.4. The molecule has 0 aliphatic heterocycles. The standard InChI is InChI=1S/C13H20OS/c1-3-4-10-15-13(14)11(2)12-8-6-5-7-9-12/h5-9,11,14-15H,3-4,10H2,1-2H3. The zero-order valence-electron chi connectivity index (χ0n) is 9.48. The summed E-state index contributed by atoms with van der Waals surface area (Å²) in [5.41, 5.74) is 1.19. The van der Waals surface area contributed by atoms with Crippen molar-refractivity contribution in [2.75, 3.05) is 5.75 Å². The van der Waals surface area contributed by atoms with Gasteiger partial charge in [-0.3, -0.25) is 0 Å². The molecule has 0 radical (unpaired) electrons. The lowest BCUT2D eigenvalue weighted by atomic mass is 10.0. The summed E-state index contributed by atoms with van der Waals surface area (Å²) >= 11 is 1.08. The number of benzene rings is 1. The van der Waals surface area contributed by atoms with E-state index in [1.165, 1.54) is 18.4 Å². The fourth-order valence-electron chi connectivity index (χ4n) is 1.38. The molecule has 0 aromatic heterocycles. The van der Waals surface area contributed by atoms with Crippen LogP contribution in [-0.4, -0.2) is 15.9 Å². The van der Waals surface area contributed by atoms with Crippen molar-refractivity contribution in [3.05, 3.63) is 35.9 Å². The van der Waals surface area contributed by atoms with E-state index in [0.29, 0.717) is 5.05 Å². The van der Waals surface area contributed by atoms with Gasteiger partial charge in [-0.2, -0.15) is 11.4 Å². The number of hydrogen-bond acceptors (Lipinski definition) is 0. The molecular weight excluding hydrogens is 204 g/mol. The van der Waals surface area contributed by atoms with E-state index in [1.54, 1.807) is 0 Å². The Morgan fingerprint density at radius 3 is 2.60 bits per heavy atom. The first-order valence-corrected chi connectivity index (χ1v) is 6.62. The molecule has 1 aromatic rings. The van der Waals surface area contributed by atoms with Crippen LogP contribution < -0.4 is 0 Å². The lowest BCUT2D eigenvalue weighted by Crippen LogP contribution is -2.06. The molecule has 1 rings (SSSR count). The first-order chi connectivity index (χ1) is 7.25. The maximum absolute atomic E-state index is 9.90. The molecule has 0 aliphatic carbocycles. The third kappa shape index (κ3) is 4.18. The molecular formula is C13H20OS. The number of rotatable bonds is 5. The third-order valence-corrected chi connectivity index (χ3v) is 3.72. The number of hydrogen-bond donors (Lipinski definition) is 2. The Hall–Kier alpha value is -0.600. The van der Waals surface area contributed by atoms with Crippen molar-refractivity contribution < 1.29 is 5.11 Å². The van der Waals surface area contributed by atoms with Crippen LogP contribution >= 0.6 is 11.4 Å². The average molecular weight is 224 g/mol. The van der Waals surface area contributed by atoms with Crippen molar-refractivity contribution >= 4 is 16.4 Å². The van der Waals surface area contributed by atoms with E-state index in [4.69, 9.17) is 0 Å². The lowest BCUT2D eigenvalue weighted by Gasteiger charge is -2.11. The molecule has 2 heteroatoms. The molecule has 0 spiro atoms. The van der Waals surface area contributed by atoms with E-state index in [0.717, 1.165) is 17.1 Å². The van der Waals surface area contributed by atoms with Gasteiger partial charge >= 0.3 is 0 Å². The summed E-state index contributed by atoms with van der Waals surface area (Å²) in [4.78, 5) is 0. The van der Waals surface area contributed by atoms with Gasteiger partial charge in [0.25, 0.3) is 0 Å². The summed E-state index contributed by atoms with van der Waals surface area (Å²) in [6, 6.07) is 10.2. The second kappa shape index (κ2) is 6.81. The smallest absolute Gasteiger partial charge is 0.0767 e. The highest BCUT2D eigenvalue weighted by molar-refractivity contribution is 7.98. The van der Waals surface area contributed by atoms with E-state index >= 15 is 0 Å². The monoisotopic (exact) mass is 224 g/mol. The number of unbranched alkanes of at least 4 members (excludes halogenated alkanes) is 1. The molecule has 0 heterocycles. The van der Waals surface area contributed by atoms with Gasteiger partial charge in [-0.25, -0.2) is 0 Å². The number of aliphatic hydroxyl groups is 1. The second-order valence-corrected chi connectivity index (χ2v) is 4.95. The molecule has 0 bridgehead atoms. The maximum Gasteiger partial charge on any atom is 0.0767 e. The minimum absolute atomic E-state index is 0.157. The molecule has 84 valence electrons. The van der Waals surface area contributed by atoms with Crippen LogP contribution in [0.3, 0.4) is 0 Å². The third-order valence-electron chi connectivity index (χ3n) is 2.47. The van der Waals surface area contributed by atoms with Gasteiger partial charge < -0.3 is 5.11 Å². The van der Waals surface area contributed by atoms with Crippen molar-refractivity contribution in [2.24, 2.45) is 0 Å². The Morgan fingerprint density at radius 1 is 1.33 bits per heavy atom. The first-order valence-electron chi connectivity index (χ1n) is 5.54.